The van der Waals surface area contributed by atoms with Gasteiger partial charge in [0, 0.05) is 5.92 Å². The van der Waals surface area contributed by atoms with Crippen LogP contribution in [0.3, 0.4) is 0 Å². The highest BCUT2D eigenvalue weighted by Crippen LogP contribution is 2.31. The summed E-state index contributed by atoms with van der Waals surface area (Å²) in [5, 5.41) is 18.6. The average Bonchev–Trinajstić information content (AvgIpc) is 2.74. The van der Waals surface area contributed by atoms with Crippen LogP contribution in [0, 0.1) is 11.8 Å². The van der Waals surface area contributed by atoms with Crippen LogP contribution in [0.2, 0.25) is 0 Å². The number of carbonyl (C=O) groups is 1. The Labute approximate surface area is 96.6 Å². The lowest BCUT2D eigenvalue weighted by atomic mass is 9.94. The van der Waals surface area contributed by atoms with E-state index in [-0.39, 0.29) is 24.2 Å². The smallest absolute Gasteiger partial charge is 0.308 e. The first-order valence-electron chi connectivity index (χ1n) is 6.03. The maximum absolute atomic E-state index is 10.8. The molecule has 1 aliphatic heterocycles. The predicted molar refractivity (Wildman–Crippen MR) is 60.2 cm³/mol. The first-order valence-corrected chi connectivity index (χ1v) is 6.03. The molecule has 4 heteroatoms. The van der Waals surface area contributed by atoms with Gasteiger partial charge in [0.05, 0.1) is 24.2 Å². The van der Waals surface area contributed by atoms with Gasteiger partial charge in [-0.05, 0) is 26.2 Å². The van der Waals surface area contributed by atoms with Crippen molar-refractivity contribution < 1.29 is 19.7 Å². The van der Waals surface area contributed by atoms with Crippen molar-refractivity contribution in [2.75, 3.05) is 0 Å². The Bertz CT molecular complexity index is 241. The van der Waals surface area contributed by atoms with Crippen molar-refractivity contribution >= 4 is 5.97 Å². The highest BCUT2D eigenvalue weighted by molar-refractivity contribution is 5.70. The summed E-state index contributed by atoms with van der Waals surface area (Å²) in [6, 6.07) is 0. The van der Waals surface area contributed by atoms with Crippen molar-refractivity contribution in [3.8, 4) is 0 Å². The Morgan fingerprint density at radius 3 is 2.44 bits per heavy atom. The standard InChI is InChI=1S/C12H22O4/c1-4-9(13)7(2)10-5-6-11(16-10)8(3)12(14)15/h7-11,13H,4-6H2,1-3H3,(H,14,15)/t7-,8-,9+,10+,11-/m1/s1. The second-order valence-corrected chi connectivity index (χ2v) is 4.75. The molecule has 1 fully saturated rings. The Morgan fingerprint density at radius 2 is 1.94 bits per heavy atom. The second kappa shape index (κ2) is 5.64. The van der Waals surface area contributed by atoms with Crippen molar-refractivity contribution in [3.63, 3.8) is 0 Å². The van der Waals surface area contributed by atoms with E-state index in [1.54, 1.807) is 6.92 Å². The molecule has 0 bridgehead atoms. The highest BCUT2D eigenvalue weighted by Gasteiger charge is 2.36. The van der Waals surface area contributed by atoms with E-state index >= 15 is 0 Å². The van der Waals surface area contributed by atoms with Gasteiger partial charge in [-0.15, -0.1) is 0 Å². The number of ether oxygens (including phenoxy) is 1. The fourth-order valence-electron chi connectivity index (χ4n) is 2.22. The molecule has 4 nitrogen and oxygen atoms in total. The minimum atomic E-state index is -0.811. The molecule has 94 valence electrons. The summed E-state index contributed by atoms with van der Waals surface area (Å²) in [6.45, 7) is 5.58. The summed E-state index contributed by atoms with van der Waals surface area (Å²) in [4.78, 5) is 10.8. The van der Waals surface area contributed by atoms with E-state index in [1.807, 2.05) is 13.8 Å². The summed E-state index contributed by atoms with van der Waals surface area (Å²) in [6.07, 6.45) is 1.78. The van der Waals surface area contributed by atoms with Crippen molar-refractivity contribution in [1.29, 1.82) is 0 Å². The van der Waals surface area contributed by atoms with Crippen molar-refractivity contribution in [2.45, 2.75) is 58.3 Å². The highest BCUT2D eigenvalue weighted by atomic mass is 16.5. The van der Waals surface area contributed by atoms with Gasteiger partial charge in [0.15, 0.2) is 0 Å². The van der Waals surface area contributed by atoms with Gasteiger partial charge in [-0.25, -0.2) is 0 Å². The zero-order valence-corrected chi connectivity index (χ0v) is 10.2. The van der Waals surface area contributed by atoms with Crippen LogP contribution in [0.5, 0.6) is 0 Å². The summed E-state index contributed by atoms with van der Waals surface area (Å²) >= 11 is 0. The predicted octanol–water partition coefficient (Wildman–Crippen LogP) is 1.66. The van der Waals surface area contributed by atoms with E-state index < -0.39 is 11.9 Å². The summed E-state index contributed by atoms with van der Waals surface area (Å²) in [7, 11) is 0. The van der Waals surface area contributed by atoms with E-state index in [9.17, 15) is 9.90 Å². The molecule has 1 saturated heterocycles. The molecule has 1 heterocycles. The molecule has 0 amide bonds. The molecule has 1 rings (SSSR count). The van der Waals surface area contributed by atoms with Crippen LogP contribution in [-0.2, 0) is 9.53 Å². The summed E-state index contributed by atoms with van der Waals surface area (Å²) in [5.41, 5.74) is 0. The molecule has 0 aliphatic carbocycles. The van der Waals surface area contributed by atoms with Gasteiger partial charge in [-0.1, -0.05) is 13.8 Å². The Balaban J connectivity index is 2.49. The third-order valence-electron chi connectivity index (χ3n) is 3.64. The fraction of sp³-hybridized carbons (Fsp3) is 0.917. The van der Waals surface area contributed by atoms with Crippen molar-refractivity contribution in [1.82, 2.24) is 0 Å². The zero-order chi connectivity index (χ0) is 12.3. The molecule has 0 spiro atoms. The topological polar surface area (TPSA) is 66.8 Å². The molecular weight excluding hydrogens is 208 g/mol. The van der Waals surface area contributed by atoms with Crippen molar-refractivity contribution in [3.05, 3.63) is 0 Å². The molecule has 0 radical (unpaired) electrons. The first kappa shape index (κ1) is 13.5. The molecule has 0 aromatic heterocycles. The van der Waals surface area contributed by atoms with E-state index in [2.05, 4.69) is 0 Å². The van der Waals surface area contributed by atoms with Crippen molar-refractivity contribution in [2.24, 2.45) is 11.8 Å². The van der Waals surface area contributed by atoms with Gasteiger partial charge >= 0.3 is 5.97 Å². The van der Waals surface area contributed by atoms with Gasteiger partial charge in [-0.3, -0.25) is 4.79 Å². The van der Waals surface area contributed by atoms with Crippen LogP contribution in [0.1, 0.15) is 40.0 Å². The Kier molecular flexibility index (Phi) is 4.74. The first-order chi connectivity index (χ1) is 7.47. The van der Waals surface area contributed by atoms with Crippen LogP contribution in [0.25, 0.3) is 0 Å². The van der Waals surface area contributed by atoms with Gasteiger partial charge in [0.2, 0.25) is 0 Å². The van der Waals surface area contributed by atoms with Gasteiger partial charge in [0.25, 0.3) is 0 Å². The van der Waals surface area contributed by atoms with Crippen LogP contribution in [-0.4, -0.2) is 34.5 Å². The quantitative estimate of drug-likeness (QED) is 0.753. The third kappa shape index (κ3) is 2.95. The maximum atomic E-state index is 10.8. The molecule has 2 N–H and O–H groups in total. The minimum Gasteiger partial charge on any atom is -0.481 e. The lowest BCUT2D eigenvalue weighted by molar-refractivity contribution is -0.147. The molecule has 5 atom stereocenters. The van der Waals surface area contributed by atoms with E-state index in [1.165, 1.54) is 0 Å². The number of aliphatic carboxylic acids is 1. The largest absolute Gasteiger partial charge is 0.481 e. The number of rotatable bonds is 5. The SMILES string of the molecule is CC[C@H](O)[C@@H](C)[C@@H]1CC[C@H]([C@@H](C)C(=O)O)O1. The van der Waals surface area contributed by atoms with E-state index in [4.69, 9.17) is 9.84 Å². The van der Waals surface area contributed by atoms with Gasteiger partial charge in [-0.2, -0.15) is 0 Å². The Morgan fingerprint density at radius 1 is 1.38 bits per heavy atom. The second-order valence-electron chi connectivity index (χ2n) is 4.75. The number of aliphatic hydroxyl groups excluding tert-OH is 1. The monoisotopic (exact) mass is 230 g/mol. The minimum absolute atomic E-state index is 0.00162. The summed E-state index contributed by atoms with van der Waals surface area (Å²) < 4.78 is 5.73. The molecular formula is C12H22O4. The molecule has 1 aliphatic rings. The molecule has 0 saturated carbocycles. The maximum Gasteiger partial charge on any atom is 0.308 e. The van der Waals surface area contributed by atoms with E-state index in [0.717, 1.165) is 12.8 Å². The van der Waals surface area contributed by atoms with Crippen LogP contribution in [0.4, 0.5) is 0 Å². The number of carboxylic acids is 1. The van der Waals surface area contributed by atoms with Gasteiger partial charge in [0.1, 0.15) is 0 Å². The third-order valence-corrected chi connectivity index (χ3v) is 3.64. The molecule has 16 heavy (non-hydrogen) atoms. The van der Waals surface area contributed by atoms with E-state index in [0.29, 0.717) is 6.42 Å². The average molecular weight is 230 g/mol. The fourth-order valence-corrected chi connectivity index (χ4v) is 2.22. The number of aliphatic hydroxyl groups is 1. The normalized spacial score (nSPS) is 31.0. The Hall–Kier alpha value is -0.610. The number of carboxylic acid groups (broad SMARTS) is 1. The molecule has 0 aromatic rings. The van der Waals surface area contributed by atoms with Crippen LogP contribution in [0.15, 0.2) is 0 Å². The van der Waals surface area contributed by atoms with Gasteiger partial charge < -0.3 is 14.9 Å². The van der Waals surface area contributed by atoms with Crippen LogP contribution < -0.4 is 0 Å². The molecule has 0 aromatic carbocycles. The number of hydrogen-bond donors (Lipinski definition) is 2. The zero-order valence-electron chi connectivity index (χ0n) is 10.2. The molecule has 0 unspecified atom stereocenters. The number of hydrogen-bond acceptors (Lipinski definition) is 3. The van der Waals surface area contributed by atoms with Crippen LogP contribution >= 0.6 is 0 Å². The summed E-state index contributed by atoms with van der Waals surface area (Å²) in [5.74, 6) is -1.19. The lowest BCUT2D eigenvalue weighted by Crippen LogP contribution is -2.31. The lowest BCUT2D eigenvalue weighted by Gasteiger charge is -2.25.